The van der Waals surface area contributed by atoms with Gasteiger partial charge in [-0.15, -0.1) is 0 Å². The van der Waals surface area contributed by atoms with E-state index in [1.54, 1.807) is 34.9 Å². The molecule has 0 spiro atoms. The van der Waals surface area contributed by atoms with Gasteiger partial charge in [0, 0.05) is 35.9 Å². The molecule has 1 fully saturated rings. The van der Waals surface area contributed by atoms with Crippen molar-refractivity contribution in [3.63, 3.8) is 0 Å². The van der Waals surface area contributed by atoms with Crippen LogP contribution in [0.3, 0.4) is 0 Å². The van der Waals surface area contributed by atoms with Crippen molar-refractivity contribution in [3.05, 3.63) is 59.8 Å². The summed E-state index contributed by atoms with van der Waals surface area (Å²) in [5.41, 5.74) is 3.20. The van der Waals surface area contributed by atoms with Gasteiger partial charge in [-0.1, -0.05) is 24.3 Å². The van der Waals surface area contributed by atoms with E-state index in [1.165, 1.54) is 6.20 Å². The van der Waals surface area contributed by atoms with Crippen molar-refractivity contribution in [1.29, 1.82) is 0 Å². The number of hydrogen-bond acceptors (Lipinski definition) is 4. The molecule has 3 aromatic rings. The summed E-state index contributed by atoms with van der Waals surface area (Å²) in [4.78, 5) is 27.3. The maximum atomic E-state index is 13.2. The molecule has 0 aliphatic carbocycles. The number of sulfone groups is 1. The first-order valence-corrected chi connectivity index (χ1v) is 12.8. The van der Waals surface area contributed by atoms with E-state index in [2.05, 4.69) is 5.32 Å². The highest BCUT2D eigenvalue weighted by atomic mass is 32.2. The Balaban J connectivity index is 1.57. The molecule has 0 bridgehead atoms. The van der Waals surface area contributed by atoms with E-state index in [4.69, 9.17) is 0 Å². The van der Waals surface area contributed by atoms with Crippen LogP contribution < -0.4 is 5.32 Å². The third-order valence-corrected chi connectivity index (χ3v) is 7.57. The fourth-order valence-electron chi connectivity index (χ4n) is 4.48. The number of benzene rings is 2. The molecule has 4 rings (SSSR count). The standard InChI is InChI=1S/C25H29N3O4S/c1-18-12-19(2)14-20(13-18)26-24(29)17-33(31,32)23-15-28(22-9-5-4-8-21(22)23)16-25(30)27-10-6-3-7-11-27/h4-5,8-9,12-15H,3,6-7,10-11,16-17H2,1-2H3,(H,26,29). The van der Waals surface area contributed by atoms with Crippen molar-refractivity contribution in [1.82, 2.24) is 9.47 Å². The second-order valence-corrected chi connectivity index (χ2v) is 10.7. The molecule has 33 heavy (non-hydrogen) atoms. The summed E-state index contributed by atoms with van der Waals surface area (Å²) < 4.78 is 28.1. The fraction of sp³-hybridized carbons (Fsp3) is 0.360. The van der Waals surface area contributed by atoms with E-state index >= 15 is 0 Å². The Bertz CT molecular complexity index is 1280. The van der Waals surface area contributed by atoms with Crippen LogP contribution in [0.25, 0.3) is 10.9 Å². The second kappa shape index (κ2) is 9.39. The number of amides is 2. The zero-order valence-electron chi connectivity index (χ0n) is 19.0. The van der Waals surface area contributed by atoms with Crippen LogP contribution in [0.5, 0.6) is 0 Å². The Labute approximate surface area is 194 Å². The van der Waals surface area contributed by atoms with Crippen molar-refractivity contribution in [2.75, 3.05) is 24.2 Å². The predicted octanol–water partition coefficient (Wildman–Crippen LogP) is 3.68. The maximum Gasteiger partial charge on any atom is 0.242 e. The topological polar surface area (TPSA) is 88.5 Å². The number of nitrogens with zero attached hydrogens (tertiary/aromatic N) is 2. The van der Waals surface area contributed by atoms with Crippen LogP contribution in [0.1, 0.15) is 30.4 Å². The molecule has 0 saturated carbocycles. The lowest BCUT2D eigenvalue weighted by atomic mass is 10.1. The summed E-state index contributed by atoms with van der Waals surface area (Å²) in [7, 11) is -3.92. The van der Waals surface area contributed by atoms with Crippen LogP contribution in [0, 0.1) is 13.8 Å². The van der Waals surface area contributed by atoms with E-state index in [0.29, 0.717) is 16.6 Å². The number of nitrogens with one attached hydrogen (secondary N) is 1. The minimum atomic E-state index is -3.92. The molecule has 1 aliphatic heterocycles. The van der Waals surface area contributed by atoms with Gasteiger partial charge in [0.2, 0.25) is 11.8 Å². The number of para-hydroxylation sites is 1. The predicted molar refractivity (Wildman–Crippen MR) is 129 cm³/mol. The van der Waals surface area contributed by atoms with Gasteiger partial charge < -0.3 is 14.8 Å². The zero-order valence-corrected chi connectivity index (χ0v) is 19.8. The third-order valence-electron chi connectivity index (χ3n) is 5.93. The zero-order chi connectivity index (χ0) is 23.6. The molecule has 1 N–H and O–H groups in total. The van der Waals surface area contributed by atoms with Crippen LogP contribution in [-0.2, 0) is 26.0 Å². The number of carbonyl (C=O) groups is 2. The Morgan fingerprint density at radius 1 is 0.970 bits per heavy atom. The molecular weight excluding hydrogens is 438 g/mol. The highest BCUT2D eigenvalue weighted by Crippen LogP contribution is 2.27. The molecule has 0 atom stereocenters. The summed E-state index contributed by atoms with van der Waals surface area (Å²) >= 11 is 0. The number of carbonyl (C=O) groups excluding carboxylic acids is 2. The lowest BCUT2D eigenvalue weighted by Gasteiger charge is -2.27. The summed E-state index contributed by atoms with van der Waals surface area (Å²) in [6.07, 6.45) is 4.61. The van der Waals surface area contributed by atoms with E-state index in [1.807, 2.05) is 30.9 Å². The van der Waals surface area contributed by atoms with Gasteiger partial charge >= 0.3 is 0 Å². The molecule has 7 nitrogen and oxygen atoms in total. The molecule has 1 saturated heterocycles. The maximum absolute atomic E-state index is 13.2. The van der Waals surface area contributed by atoms with E-state index in [-0.39, 0.29) is 17.3 Å². The lowest BCUT2D eigenvalue weighted by Crippen LogP contribution is -2.37. The summed E-state index contributed by atoms with van der Waals surface area (Å²) in [5.74, 6) is -1.29. The fourth-order valence-corrected chi connectivity index (χ4v) is 5.84. The number of rotatable bonds is 6. The van der Waals surface area contributed by atoms with E-state index < -0.39 is 21.5 Å². The molecule has 2 aromatic carbocycles. The van der Waals surface area contributed by atoms with Crippen molar-refractivity contribution in [3.8, 4) is 0 Å². The van der Waals surface area contributed by atoms with Crippen molar-refractivity contribution in [2.45, 2.75) is 44.6 Å². The van der Waals surface area contributed by atoms with Gasteiger partial charge in [0.15, 0.2) is 9.84 Å². The number of hydrogen-bond donors (Lipinski definition) is 1. The van der Waals surface area contributed by atoms with Crippen LogP contribution in [0.4, 0.5) is 5.69 Å². The van der Waals surface area contributed by atoms with Crippen LogP contribution in [0.15, 0.2) is 53.6 Å². The number of fused-ring (bicyclic) bond motifs is 1. The number of anilines is 1. The van der Waals surface area contributed by atoms with E-state index in [0.717, 1.165) is 43.5 Å². The highest BCUT2D eigenvalue weighted by Gasteiger charge is 2.26. The molecular formula is C25H29N3O4S. The molecule has 8 heteroatoms. The first kappa shape index (κ1) is 23.0. The first-order valence-electron chi connectivity index (χ1n) is 11.2. The molecule has 0 unspecified atom stereocenters. The van der Waals surface area contributed by atoms with Gasteiger partial charge in [-0.05, 0) is 62.4 Å². The third kappa shape index (κ3) is 5.27. The SMILES string of the molecule is Cc1cc(C)cc(NC(=O)CS(=O)(=O)c2cn(CC(=O)N3CCCCC3)c3ccccc23)c1. The summed E-state index contributed by atoms with van der Waals surface area (Å²) in [6, 6.07) is 12.7. The monoisotopic (exact) mass is 467 g/mol. The summed E-state index contributed by atoms with van der Waals surface area (Å²) in [5, 5.41) is 3.21. The minimum absolute atomic E-state index is 0.0213. The number of aryl methyl sites for hydroxylation is 2. The van der Waals surface area contributed by atoms with Crippen molar-refractivity contribution >= 4 is 38.2 Å². The van der Waals surface area contributed by atoms with E-state index in [9.17, 15) is 18.0 Å². The Morgan fingerprint density at radius 3 is 2.33 bits per heavy atom. The van der Waals surface area contributed by atoms with Crippen molar-refractivity contribution in [2.24, 2.45) is 0 Å². The van der Waals surface area contributed by atoms with Crippen LogP contribution >= 0.6 is 0 Å². The Kier molecular flexibility index (Phi) is 6.56. The van der Waals surface area contributed by atoms with Crippen molar-refractivity contribution < 1.29 is 18.0 Å². The molecule has 2 amide bonds. The number of likely N-dealkylation sites (tertiary alicyclic amines) is 1. The van der Waals surface area contributed by atoms with Gasteiger partial charge in [-0.25, -0.2) is 8.42 Å². The van der Waals surface area contributed by atoms with Gasteiger partial charge in [-0.3, -0.25) is 9.59 Å². The number of aromatic nitrogens is 1. The molecule has 2 heterocycles. The van der Waals surface area contributed by atoms with Gasteiger partial charge in [0.05, 0.1) is 4.90 Å². The number of piperidine rings is 1. The van der Waals surface area contributed by atoms with Gasteiger partial charge in [0.1, 0.15) is 12.3 Å². The normalized spacial score (nSPS) is 14.4. The average molecular weight is 468 g/mol. The molecule has 174 valence electrons. The summed E-state index contributed by atoms with van der Waals surface area (Å²) in [6.45, 7) is 5.38. The molecule has 1 aliphatic rings. The Hall–Kier alpha value is -3.13. The van der Waals surface area contributed by atoms with Crippen LogP contribution in [0.2, 0.25) is 0 Å². The molecule has 1 aromatic heterocycles. The van der Waals surface area contributed by atoms with Crippen LogP contribution in [-0.4, -0.2) is 48.5 Å². The second-order valence-electron chi connectivity index (χ2n) is 8.76. The first-order chi connectivity index (χ1) is 15.7. The smallest absolute Gasteiger partial charge is 0.242 e. The quantitative estimate of drug-likeness (QED) is 0.599. The largest absolute Gasteiger partial charge is 0.341 e. The van der Waals surface area contributed by atoms with Gasteiger partial charge in [-0.2, -0.15) is 0 Å². The average Bonchev–Trinajstić information content (AvgIpc) is 3.12. The minimum Gasteiger partial charge on any atom is -0.341 e. The lowest BCUT2D eigenvalue weighted by molar-refractivity contribution is -0.132. The molecule has 0 radical (unpaired) electrons. The Morgan fingerprint density at radius 2 is 1.64 bits per heavy atom. The highest BCUT2D eigenvalue weighted by molar-refractivity contribution is 7.92. The van der Waals surface area contributed by atoms with Gasteiger partial charge in [0.25, 0.3) is 0 Å².